The van der Waals surface area contributed by atoms with E-state index < -0.39 is 5.41 Å². The molecule has 1 aliphatic rings. The lowest BCUT2D eigenvalue weighted by Gasteiger charge is -2.32. The van der Waals surface area contributed by atoms with Crippen LogP contribution in [-0.2, 0) is 21.4 Å². The first kappa shape index (κ1) is 12.2. The molecule has 1 aromatic carbocycles. The monoisotopic (exact) mass is 232 g/mol. The summed E-state index contributed by atoms with van der Waals surface area (Å²) in [7, 11) is 0. The molecule has 0 radical (unpaired) electrons. The highest BCUT2D eigenvalue weighted by atomic mass is 16.5. The van der Waals surface area contributed by atoms with Gasteiger partial charge in [0.05, 0.1) is 12.0 Å². The summed E-state index contributed by atoms with van der Waals surface area (Å²) in [5.41, 5.74) is 2.05. The molecule has 1 aromatic rings. The summed E-state index contributed by atoms with van der Waals surface area (Å²) in [5.74, 6) is 0.213. The highest BCUT2D eigenvalue weighted by molar-refractivity contribution is 5.85. The maximum Gasteiger partial charge on any atom is 0.316 e. The third-order valence-electron chi connectivity index (χ3n) is 3.91. The number of esters is 1. The second-order valence-corrected chi connectivity index (χ2v) is 5.00. The van der Waals surface area contributed by atoms with Crippen LogP contribution in [0.5, 0.6) is 0 Å². The Morgan fingerprint density at radius 2 is 2.12 bits per heavy atom. The lowest BCUT2D eigenvalue weighted by molar-refractivity contribution is -0.152. The van der Waals surface area contributed by atoms with Crippen molar-refractivity contribution in [1.82, 2.24) is 0 Å². The molecule has 1 aliphatic carbocycles. The second-order valence-electron chi connectivity index (χ2n) is 5.00. The van der Waals surface area contributed by atoms with Crippen LogP contribution in [0.1, 0.15) is 38.3 Å². The van der Waals surface area contributed by atoms with Gasteiger partial charge in [0.2, 0.25) is 0 Å². The van der Waals surface area contributed by atoms with E-state index in [1.165, 1.54) is 11.1 Å². The van der Waals surface area contributed by atoms with Gasteiger partial charge in [0.1, 0.15) is 0 Å². The van der Waals surface area contributed by atoms with Crippen LogP contribution in [0.2, 0.25) is 0 Å². The van der Waals surface area contributed by atoms with Gasteiger partial charge in [0.15, 0.2) is 0 Å². The van der Waals surface area contributed by atoms with Crippen LogP contribution in [-0.4, -0.2) is 12.6 Å². The van der Waals surface area contributed by atoms with E-state index in [1.54, 1.807) is 0 Å². The van der Waals surface area contributed by atoms with Crippen LogP contribution in [0.4, 0.5) is 0 Å². The highest BCUT2D eigenvalue weighted by Crippen LogP contribution is 2.45. The molecule has 0 aromatic heterocycles. The lowest BCUT2D eigenvalue weighted by atomic mass is 9.72. The zero-order chi connectivity index (χ0) is 12.5. The smallest absolute Gasteiger partial charge is 0.316 e. The Morgan fingerprint density at radius 1 is 1.41 bits per heavy atom. The lowest BCUT2D eigenvalue weighted by Crippen LogP contribution is -2.40. The molecule has 0 fully saturated rings. The second kappa shape index (κ2) is 4.52. The number of benzene rings is 1. The summed E-state index contributed by atoms with van der Waals surface area (Å²) >= 11 is 0. The molecule has 0 bridgehead atoms. The number of hydrogen-bond donors (Lipinski definition) is 0. The van der Waals surface area contributed by atoms with Gasteiger partial charge in [-0.3, -0.25) is 4.79 Å². The molecule has 0 spiro atoms. The van der Waals surface area contributed by atoms with E-state index in [0.717, 1.165) is 12.8 Å². The summed E-state index contributed by atoms with van der Waals surface area (Å²) in [6.45, 7) is 6.54. The largest absolute Gasteiger partial charge is 0.465 e. The van der Waals surface area contributed by atoms with Gasteiger partial charge in [-0.25, -0.2) is 0 Å². The Hall–Kier alpha value is -1.31. The van der Waals surface area contributed by atoms with Crippen LogP contribution in [0, 0.1) is 5.92 Å². The molecular formula is C15H20O2. The first-order valence-corrected chi connectivity index (χ1v) is 6.38. The van der Waals surface area contributed by atoms with E-state index in [1.807, 2.05) is 19.1 Å². The van der Waals surface area contributed by atoms with Crippen LogP contribution < -0.4 is 0 Å². The normalized spacial score (nSPS) is 22.6. The molecular weight excluding hydrogens is 212 g/mol. The summed E-state index contributed by atoms with van der Waals surface area (Å²) < 4.78 is 5.31. The van der Waals surface area contributed by atoms with Gasteiger partial charge in [0, 0.05) is 0 Å². The van der Waals surface area contributed by atoms with Crippen LogP contribution in [0.3, 0.4) is 0 Å². The number of carbonyl (C=O) groups is 1. The minimum Gasteiger partial charge on any atom is -0.465 e. The number of aryl methyl sites for hydroxylation is 1. The fraction of sp³-hybridized carbons (Fsp3) is 0.533. The molecule has 2 rings (SSSR count). The molecule has 0 heterocycles. The Bertz CT molecular complexity index is 423. The van der Waals surface area contributed by atoms with Gasteiger partial charge in [-0.05, 0) is 36.8 Å². The topological polar surface area (TPSA) is 26.3 Å². The maximum atomic E-state index is 12.3. The van der Waals surface area contributed by atoms with Crippen molar-refractivity contribution in [2.45, 2.75) is 39.0 Å². The predicted molar refractivity (Wildman–Crippen MR) is 67.9 cm³/mol. The Labute approximate surface area is 103 Å². The summed E-state index contributed by atoms with van der Waals surface area (Å²) in [5, 5.41) is 0. The predicted octanol–water partition coefficient (Wildman–Crippen LogP) is 3.09. The van der Waals surface area contributed by atoms with Crippen molar-refractivity contribution in [3.05, 3.63) is 35.4 Å². The molecule has 0 amide bonds. The summed E-state index contributed by atoms with van der Waals surface area (Å²) in [4.78, 5) is 12.3. The van der Waals surface area contributed by atoms with E-state index in [4.69, 9.17) is 4.74 Å². The highest BCUT2D eigenvalue weighted by Gasteiger charge is 2.48. The minimum absolute atomic E-state index is 0.0556. The minimum atomic E-state index is -0.424. The number of ether oxygens (including phenoxy) is 1. The molecule has 0 saturated carbocycles. The van der Waals surface area contributed by atoms with E-state index in [9.17, 15) is 4.79 Å². The van der Waals surface area contributed by atoms with Gasteiger partial charge >= 0.3 is 5.97 Å². The molecule has 2 heteroatoms. The van der Waals surface area contributed by atoms with E-state index in [-0.39, 0.29) is 11.9 Å². The van der Waals surface area contributed by atoms with Crippen molar-refractivity contribution in [1.29, 1.82) is 0 Å². The van der Waals surface area contributed by atoms with Gasteiger partial charge in [-0.2, -0.15) is 0 Å². The first-order valence-electron chi connectivity index (χ1n) is 6.38. The molecule has 17 heavy (non-hydrogen) atoms. The Balaban J connectivity index is 2.48. The van der Waals surface area contributed by atoms with Gasteiger partial charge in [0.25, 0.3) is 0 Å². The van der Waals surface area contributed by atoms with Crippen LogP contribution in [0.25, 0.3) is 0 Å². The van der Waals surface area contributed by atoms with Crippen molar-refractivity contribution in [2.75, 3.05) is 6.61 Å². The number of fused-ring (bicyclic) bond motifs is 1. The Kier molecular flexibility index (Phi) is 3.23. The maximum absolute atomic E-state index is 12.3. The molecule has 92 valence electrons. The van der Waals surface area contributed by atoms with E-state index in [2.05, 4.69) is 26.0 Å². The molecule has 2 nitrogen and oxygen atoms in total. The average molecular weight is 232 g/mol. The molecule has 1 unspecified atom stereocenters. The van der Waals surface area contributed by atoms with Crippen molar-refractivity contribution < 1.29 is 9.53 Å². The average Bonchev–Trinajstić information content (AvgIpc) is 2.69. The number of hydrogen-bond acceptors (Lipinski definition) is 2. The van der Waals surface area contributed by atoms with E-state index in [0.29, 0.717) is 6.61 Å². The first-order chi connectivity index (χ1) is 8.13. The number of carbonyl (C=O) groups excluding carboxylic acids is 1. The SMILES string of the molecule is CCOC(=O)C1(C(C)C)CCc2ccccc21. The Morgan fingerprint density at radius 3 is 2.76 bits per heavy atom. The van der Waals surface area contributed by atoms with Gasteiger partial charge in [-0.15, -0.1) is 0 Å². The molecule has 1 atom stereocenters. The van der Waals surface area contributed by atoms with Crippen molar-refractivity contribution in [3.63, 3.8) is 0 Å². The zero-order valence-corrected chi connectivity index (χ0v) is 10.8. The summed E-state index contributed by atoms with van der Waals surface area (Å²) in [6.07, 6.45) is 1.86. The third-order valence-corrected chi connectivity index (χ3v) is 3.91. The van der Waals surface area contributed by atoms with Crippen LogP contribution in [0.15, 0.2) is 24.3 Å². The summed E-state index contributed by atoms with van der Waals surface area (Å²) in [6, 6.07) is 8.26. The fourth-order valence-corrected chi connectivity index (χ4v) is 2.95. The standard InChI is InChI=1S/C15H20O2/c1-4-17-14(16)15(11(2)3)10-9-12-7-5-6-8-13(12)15/h5-8,11H,4,9-10H2,1-3H3. The van der Waals surface area contributed by atoms with Gasteiger partial charge in [-0.1, -0.05) is 38.1 Å². The molecule has 0 saturated heterocycles. The zero-order valence-electron chi connectivity index (χ0n) is 10.8. The van der Waals surface area contributed by atoms with Crippen molar-refractivity contribution in [3.8, 4) is 0 Å². The van der Waals surface area contributed by atoms with Crippen molar-refractivity contribution in [2.24, 2.45) is 5.92 Å². The number of rotatable bonds is 3. The third kappa shape index (κ3) is 1.76. The fourth-order valence-electron chi connectivity index (χ4n) is 2.95. The molecule has 0 aliphatic heterocycles. The van der Waals surface area contributed by atoms with E-state index >= 15 is 0 Å². The van der Waals surface area contributed by atoms with Gasteiger partial charge < -0.3 is 4.74 Å². The molecule has 0 N–H and O–H groups in total. The van der Waals surface area contributed by atoms with Crippen LogP contribution >= 0.6 is 0 Å². The van der Waals surface area contributed by atoms with Crippen molar-refractivity contribution >= 4 is 5.97 Å². The quantitative estimate of drug-likeness (QED) is 0.749.